The molecular formula is C20H19F3N4O2S. The minimum atomic E-state index is -3.88. The molecule has 1 saturated heterocycles. The van der Waals surface area contributed by atoms with Crippen LogP contribution in [0.1, 0.15) is 11.5 Å². The molecule has 4 rings (SSSR count). The third-order valence-electron chi connectivity index (χ3n) is 5.12. The summed E-state index contributed by atoms with van der Waals surface area (Å²) in [7, 11) is -2.21. The van der Waals surface area contributed by atoms with E-state index in [1.54, 1.807) is 19.2 Å². The molecule has 1 N–H and O–H groups in total. The largest absolute Gasteiger partial charge is 0.380 e. The first kappa shape index (κ1) is 20.4. The molecule has 0 spiro atoms. The van der Waals surface area contributed by atoms with Crippen LogP contribution in [-0.4, -0.2) is 41.4 Å². The SMILES string of the molecule is Cn1cnc(S(=O)(=O)N2C[C@H](Nc3ccc(F)c(F)c3)[C@@H](c3cccc(F)c3)C2)c1. The second kappa shape index (κ2) is 7.77. The van der Waals surface area contributed by atoms with Gasteiger partial charge in [0.05, 0.1) is 6.33 Å². The number of anilines is 1. The third kappa shape index (κ3) is 3.92. The average Bonchev–Trinajstić information content (AvgIpc) is 3.32. The van der Waals surface area contributed by atoms with Crippen molar-refractivity contribution in [3.8, 4) is 0 Å². The van der Waals surface area contributed by atoms with Crippen LogP contribution < -0.4 is 5.32 Å². The van der Waals surface area contributed by atoms with Crippen LogP contribution in [0.4, 0.5) is 18.9 Å². The van der Waals surface area contributed by atoms with Crippen molar-refractivity contribution in [3.05, 3.63) is 78.0 Å². The summed E-state index contributed by atoms with van der Waals surface area (Å²) < 4.78 is 69.6. The number of imidazole rings is 1. The Labute approximate surface area is 172 Å². The summed E-state index contributed by atoms with van der Waals surface area (Å²) in [6.45, 7) is 0.142. The van der Waals surface area contributed by atoms with Crippen LogP contribution in [0.2, 0.25) is 0 Å². The van der Waals surface area contributed by atoms with Gasteiger partial charge in [0, 0.05) is 50.0 Å². The molecule has 0 unspecified atom stereocenters. The van der Waals surface area contributed by atoms with Gasteiger partial charge in [-0.2, -0.15) is 4.31 Å². The molecule has 0 aliphatic carbocycles. The Kier molecular flexibility index (Phi) is 5.29. The van der Waals surface area contributed by atoms with Gasteiger partial charge in [0.2, 0.25) is 0 Å². The number of nitrogens with one attached hydrogen (secondary N) is 1. The van der Waals surface area contributed by atoms with E-state index in [0.29, 0.717) is 11.3 Å². The standard InChI is InChI=1S/C20H19F3N4O2S/c1-26-11-20(24-12-26)30(28,29)27-9-16(13-3-2-4-14(21)7-13)19(10-27)25-15-5-6-17(22)18(23)8-15/h2-8,11-12,16,19,25H,9-10H2,1H3/t16-,19+/m1/s1. The van der Waals surface area contributed by atoms with Gasteiger partial charge in [-0.05, 0) is 29.8 Å². The molecule has 0 amide bonds. The first-order chi connectivity index (χ1) is 14.2. The summed E-state index contributed by atoms with van der Waals surface area (Å²) in [5, 5.41) is 2.99. The maximum atomic E-state index is 13.8. The van der Waals surface area contributed by atoms with Crippen LogP contribution in [0.3, 0.4) is 0 Å². The molecule has 3 aromatic rings. The molecule has 0 saturated carbocycles. The smallest absolute Gasteiger partial charge is 0.262 e. The van der Waals surface area contributed by atoms with Crippen molar-refractivity contribution in [3.63, 3.8) is 0 Å². The monoisotopic (exact) mass is 436 g/mol. The van der Waals surface area contributed by atoms with Crippen LogP contribution in [0.15, 0.2) is 60.0 Å². The number of sulfonamides is 1. The van der Waals surface area contributed by atoms with E-state index in [1.165, 1.54) is 39.6 Å². The zero-order chi connectivity index (χ0) is 21.5. The average molecular weight is 436 g/mol. The van der Waals surface area contributed by atoms with Gasteiger partial charge in [-0.25, -0.2) is 26.6 Å². The summed E-state index contributed by atoms with van der Waals surface area (Å²) in [6.07, 6.45) is 2.80. The van der Waals surface area contributed by atoms with Crippen molar-refractivity contribution in [2.24, 2.45) is 7.05 Å². The maximum Gasteiger partial charge on any atom is 0.262 e. The molecular weight excluding hydrogens is 417 g/mol. The quantitative estimate of drug-likeness (QED) is 0.668. The molecule has 1 fully saturated rings. The molecule has 2 atom stereocenters. The number of halogens is 3. The van der Waals surface area contributed by atoms with Gasteiger partial charge in [-0.3, -0.25) is 0 Å². The van der Waals surface area contributed by atoms with Crippen LogP contribution in [0, 0.1) is 17.5 Å². The number of benzene rings is 2. The van der Waals surface area contributed by atoms with Gasteiger partial charge < -0.3 is 9.88 Å². The fraction of sp³-hybridized carbons (Fsp3) is 0.250. The second-order valence-corrected chi connectivity index (χ2v) is 9.13. The van der Waals surface area contributed by atoms with E-state index >= 15 is 0 Å². The van der Waals surface area contributed by atoms with Gasteiger partial charge >= 0.3 is 0 Å². The Morgan fingerprint density at radius 3 is 2.53 bits per heavy atom. The van der Waals surface area contributed by atoms with Gasteiger partial charge in [0.1, 0.15) is 5.82 Å². The summed E-state index contributed by atoms with van der Waals surface area (Å²) in [4.78, 5) is 3.94. The zero-order valence-electron chi connectivity index (χ0n) is 16.0. The number of rotatable bonds is 5. The molecule has 158 valence electrons. The molecule has 30 heavy (non-hydrogen) atoms. The van der Waals surface area contributed by atoms with E-state index in [-0.39, 0.29) is 18.1 Å². The van der Waals surface area contributed by atoms with Gasteiger partial charge in [0.25, 0.3) is 10.0 Å². The van der Waals surface area contributed by atoms with E-state index in [4.69, 9.17) is 0 Å². The van der Waals surface area contributed by atoms with E-state index in [2.05, 4.69) is 10.3 Å². The first-order valence-electron chi connectivity index (χ1n) is 9.19. The number of nitrogens with zero attached hydrogens (tertiary/aromatic N) is 3. The summed E-state index contributed by atoms with van der Waals surface area (Å²) >= 11 is 0. The minimum absolute atomic E-state index is 0.0546. The van der Waals surface area contributed by atoms with Crippen molar-refractivity contribution in [1.29, 1.82) is 0 Å². The number of aromatic nitrogens is 2. The lowest BCUT2D eigenvalue weighted by molar-refractivity contribution is 0.468. The summed E-state index contributed by atoms with van der Waals surface area (Å²) in [6, 6.07) is 8.80. The van der Waals surface area contributed by atoms with Crippen molar-refractivity contribution in [1.82, 2.24) is 13.9 Å². The lowest BCUT2D eigenvalue weighted by Gasteiger charge is -2.21. The molecule has 0 bridgehead atoms. The minimum Gasteiger partial charge on any atom is -0.380 e. The van der Waals surface area contributed by atoms with Crippen LogP contribution in [0.25, 0.3) is 0 Å². The van der Waals surface area contributed by atoms with Crippen LogP contribution in [0.5, 0.6) is 0 Å². The zero-order valence-corrected chi connectivity index (χ0v) is 16.8. The predicted octanol–water partition coefficient (Wildman–Crippen LogP) is 3.11. The van der Waals surface area contributed by atoms with Crippen molar-refractivity contribution in [2.75, 3.05) is 18.4 Å². The van der Waals surface area contributed by atoms with Gasteiger partial charge in [-0.1, -0.05) is 12.1 Å². The molecule has 1 aliphatic rings. The molecule has 1 aromatic heterocycles. The second-order valence-electron chi connectivity index (χ2n) is 7.24. The van der Waals surface area contributed by atoms with Crippen molar-refractivity contribution >= 4 is 15.7 Å². The van der Waals surface area contributed by atoms with E-state index in [1.807, 2.05) is 0 Å². The highest BCUT2D eigenvalue weighted by atomic mass is 32.2. The van der Waals surface area contributed by atoms with Gasteiger partial charge in [0.15, 0.2) is 16.7 Å². The Morgan fingerprint density at radius 1 is 1.07 bits per heavy atom. The molecule has 1 aliphatic heterocycles. The molecule has 10 heteroatoms. The highest BCUT2D eigenvalue weighted by Crippen LogP contribution is 2.33. The van der Waals surface area contributed by atoms with Crippen molar-refractivity contribution in [2.45, 2.75) is 17.0 Å². The molecule has 6 nitrogen and oxygen atoms in total. The maximum absolute atomic E-state index is 13.8. The normalized spacial score (nSPS) is 19.9. The Bertz CT molecular complexity index is 1180. The highest BCUT2D eigenvalue weighted by molar-refractivity contribution is 7.89. The fourth-order valence-corrected chi connectivity index (χ4v) is 5.10. The number of aryl methyl sites for hydroxylation is 1. The Morgan fingerprint density at radius 2 is 1.87 bits per heavy atom. The Balaban J connectivity index is 1.67. The lowest BCUT2D eigenvalue weighted by atomic mass is 9.94. The predicted molar refractivity (Wildman–Crippen MR) is 105 cm³/mol. The fourth-order valence-electron chi connectivity index (χ4n) is 3.64. The number of hydrogen-bond acceptors (Lipinski definition) is 4. The molecule has 2 aromatic carbocycles. The summed E-state index contributed by atoms with van der Waals surface area (Å²) in [5.41, 5.74) is 0.909. The van der Waals surface area contributed by atoms with E-state index in [0.717, 1.165) is 12.1 Å². The van der Waals surface area contributed by atoms with Crippen LogP contribution in [-0.2, 0) is 17.1 Å². The summed E-state index contributed by atoms with van der Waals surface area (Å²) in [5.74, 6) is -2.84. The topological polar surface area (TPSA) is 67.2 Å². The number of hydrogen-bond donors (Lipinski definition) is 1. The first-order valence-corrected chi connectivity index (χ1v) is 10.6. The van der Waals surface area contributed by atoms with Crippen LogP contribution >= 0.6 is 0 Å². The van der Waals surface area contributed by atoms with Gasteiger partial charge in [-0.15, -0.1) is 0 Å². The molecule has 0 radical (unpaired) electrons. The molecule has 2 heterocycles. The van der Waals surface area contributed by atoms with Crippen molar-refractivity contribution < 1.29 is 21.6 Å². The van der Waals surface area contributed by atoms with E-state index < -0.39 is 39.4 Å². The van der Waals surface area contributed by atoms with E-state index in [9.17, 15) is 21.6 Å². The highest BCUT2D eigenvalue weighted by Gasteiger charge is 2.41. The Hall–Kier alpha value is -2.85. The third-order valence-corrected chi connectivity index (χ3v) is 6.84. The lowest BCUT2D eigenvalue weighted by Crippen LogP contribution is -2.32.